The number of ether oxygens (including phenoxy) is 1. The molecule has 0 amide bonds. The van der Waals surface area contributed by atoms with Gasteiger partial charge in [0.05, 0.1) is 6.04 Å². The average molecular weight is 352 g/mol. The molecule has 2 saturated carbocycles. The second kappa shape index (κ2) is 10.1. The molecular formula is C20H37N3O2. The first kappa shape index (κ1) is 20.2. The molecule has 0 aromatic carbocycles. The summed E-state index contributed by atoms with van der Waals surface area (Å²) in [5.74, 6) is 0.00554. The van der Waals surface area contributed by atoms with Gasteiger partial charge in [-0.05, 0) is 45.7 Å². The van der Waals surface area contributed by atoms with Gasteiger partial charge in [-0.25, -0.2) is 9.79 Å². The van der Waals surface area contributed by atoms with Gasteiger partial charge in [-0.3, -0.25) is 4.90 Å². The van der Waals surface area contributed by atoms with Crippen LogP contribution in [0.15, 0.2) is 4.99 Å². The van der Waals surface area contributed by atoms with Crippen LogP contribution in [0.25, 0.3) is 0 Å². The Morgan fingerprint density at radius 3 is 2.08 bits per heavy atom. The van der Waals surface area contributed by atoms with E-state index in [4.69, 9.17) is 9.73 Å². The maximum atomic E-state index is 12.7. The maximum Gasteiger partial charge on any atom is 0.331 e. The van der Waals surface area contributed by atoms with Crippen molar-refractivity contribution in [3.05, 3.63) is 0 Å². The summed E-state index contributed by atoms with van der Waals surface area (Å²) in [6, 6.07) is 0.909. The molecule has 0 saturated heterocycles. The molecule has 0 bridgehead atoms. The van der Waals surface area contributed by atoms with Gasteiger partial charge in [0.2, 0.25) is 0 Å². The summed E-state index contributed by atoms with van der Waals surface area (Å²) < 4.78 is 5.80. The van der Waals surface area contributed by atoms with E-state index in [2.05, 4.69) is 19.2 Å². The molecule has 1 atom stereocenters. The topological polar surface area (TPSA) is 53.9 Å². The summed E-state index contributed by atoms with van der Waals surface area (Å²) in [7, 11) is 3.86. The van der Waals surface area contributed by atoms with E-state index in [1.54, 1.807) is 0 Å². The zero-order valence-corrected chi connectivity index (χ0v) is 16.6. The summed E-state index contributed by atoms with van der Waals surface area (Å²) in [4.78, 5) is 19.5. The van der Waals surface area contributed by atoms with Crippen LogP contribution in [-0.2, 0) is 9.53 Å². The number of esters is 1. The molecule has 5 heteroatoms. The van der Waals surface area contributed by atoms with Crippen molar-refractivity contribution in [3.63, 3.8) is 0 Å². The van der Waals surface area contributed by atoms with Gasteiger partial charge >= 0.3 is 5.97 Å². The number of amidine groups is 1. The van der Waals surface area contributed by atoms with Gasteiger partial charge in [0, 0.05) is 6.04 Å². The van der Waals surface area contributed by atoms with Crippen molar-refractivity contribution in [2.24, 2.45) is 10.9 Å². The van der Waals surface area contributed by atoms with Crippen LogP contribution in [0.4, 0.5) is 0 Å². The Labute approximate surface area is 153 Å². The van der Waals surface area contributed by atoms with Crippen LogP contribution in [0.5, 0.6) is 0 Å². The van der Waals surface area contributed by atoms with E-state index in [1.165, 1.54) is 38.5 Å². The van der Waals surface area contributed by atoms with Gasteiger partial charge in [-0.2, -0.15) is 0 Å². The molecule has 0 aromatic rings. The first-order chi connectivity index (χ1) is 12.0. The minimum atomic E-state index is -0.246. The number of aliphatic imine (C=N–C) groups is 1. The lowest BCUT2D eigenvalue weighted by molar-refractivity contribution is -0.142. The molecule has 2 fully saturated rings. The van der Waals surface area contributed by atoms with Crippen LogP contribution in [0.2, 0.25) is 0 Å². The van der Waals surface area contributed by atoms with E-state index in [1.807, 2.05) is 19.0 Å². The highest BCUT2D eigenvalue weighted by molar-refractivity contribution is 5.90. The van der Waals surface area contributed by atoms with E-state index in [0.29, 0.717) is 18.1 Å². The molecule has 0 aliphatic heterocycles. The Morgan fingerprint density at radius 2 is 1.56 bits per heavy atom. The highest BCUT2D eigenvalue weighted by Gasteiger charge is 2.28. The van der Waals surface area contributed by atoms with Gasteiger partial charge in [0.15, 0.2) is 0 Å². The highest BCUT2D eigenvalue weighted by atomic mass is 16.6. The maximum absolute atomic E-state index is 12.7. The normalized spacial score (nSPS) is 22.2. The summed E-state index contributed by atoms with van der Waals surface area (Å²) in [6.07, 6.45) is 12.0. The predicted octanol–water partition coefficient (Wildman–Crippen LogP) is 3.73. The molecule has 0 radical (unpaired) electrons. The molecule has 2 rings (SSSR count). The molecular weight excluding hydrogens is 314 g/mol. The van der Waals surface area contributed by atoms with Crippen molar-refractivity contribution >= 4 is 12.0 Å². The summed E-state index contributed by atoms with van der Waals surface area (Å²) in [6.45, 7) is 4.11. The number of likely N-dealkylation sites (N-methyl/N-ethyl adjacent to an activating group) is 1. The van der Waals surface area contributed by atoms with Crippen LogP contribution in [0, 0.1) is 5.92 Å². The fourth-order valence-electron chi connectivity index (χ4n) is 4.13. The molecule has 0 spiro atoms. The van der Waals surface area contributed by atoms with E-state index in [9.17, 15) is 4.79 Å². The zero-order chi connectivity index (χ0) is 18.2. The number of hydrogen-bond donors (Lipinski definition) is 1. The summed E-state index contributed by atoms with van der Waals surface area (Å²) in [5.41, 5.74) is 0. The van der Waals surface area contributed by atoms with Crippen molar-refractivity contribution in [3.8, 4) is 0 Å². The first-order valence-electron chi connectivity index (χ1n) is 10.2. The molecule has 1 N–H and O–H groups in total. The van der Waals surface area contributed by atoms with Crippen LogP contribution in [0.3, 0.4) is 0 Å². The number of carbonyl (C=O) groups is 1. The van der Waals surface area contributed by atoms with E-state index in [0.717, 1.165) is 25.7 Å². The van der Waals surface area contributed by atoms with E-state index in [-0.39, 0.29) is 17.9 Å². The van der Waals surface area contributed by atoms with Crippen LogP contribution < -0.4 is 5.32 Å². The van der Waals surface area contributed by atoms with E-state index >= 15 is 0 Å². The standard InChI is InChI=1S/C20H37N3O2/c1-15(2)18(23(3)4)19(24)25-20(21-16-11-7-5-8-12-16)22-17-13-9-6-10-14-17/h15-18H,5-14H2,1-4H3,(H,21,22)/t18-/m0/s1. The zero-order valence-electron chi connectivity index (χ0n) is 16.6. The van der Waals surface area contributed by atoms with Gasteiger partial charge in [-0.15, -0.1) is 0 Å². The smallest absolute Gasteiger partial charge is 0.331 e. The second-order valence-corrected chi connectivity index (χ2v) is 8.28. The number of nitrogens with zero attached hydrogens (tertiary/aromatic N) is 2. The van der Waals surface area contributed by atoms with Crippen LogP contribution in [0.1, 0.15) is 78.1 Å². The lowest BCUT2D eigenvalue weighted by atomic mass is 9.95. The van der Waals surface area contributed by atoms with Gasteiger partial charge < -0.3 is 10.1 Å². The Balaban J connectivity index is 2.06. The van der Waals surface area contributed by atoms with Crippen LogP contribution >= 0.6 is 0 Å². The third kappa shape index (κ3) is 6.61. The molecule has 144 valence electrons. The molecule has 2 aliphatic carbocycles. The number of carbonyl (C=O) groups excluding carboxylic acids is 1. The molecule has 2 aliphatic rings. The average Bonchev–Trinajstić information content (AvgIpc) is 2.55. The minimum absolute atomic E-state index is 0.196. The number of nitrogens with one attached hydrogen (secondary N) is 1. The summed E-state index contributed by atoms with van der Waals surface area (Å²) >= 11 is 0. The molecule has 5 nitrogen and oxygen atoms in total. The monoisotopic (exact) mass is 351 g/mol. The third-order valence-corrected chi connectivity index (χ3v) is 5.43. The Morgan fingerprint density at radius 1 is 1.00 bits per heavy atom. The Kier molecular flexibility index (Phi) is 8.20. The van der Waals surface area contributed by atoms with E-state index < -0.39 is 0 Å². The predicted molar refractivity (Wildman–Crippen MR) is 103 cm³/mol. The largest absolute Gasteiger partial charge is 0.392 e. The van der Waals surface area contributed by atoms with Crippen molar-refractivity contribution < 1.29 is 9.53 Å². The van der Waals surface area contributed by atoms with Crippen molar-refractivity contribution in [1.29, 1.82) is 0 Å². The quantitative estimate of drug-likeness (QED) is 0.466. The lowest BCUT2D eigenvalue weighted by Gasteiger charge is -2.28. The van der Waals surface area contributed by atoms with Crippen molar-refractivity contribution in [1.82, 2.24) is 10.2 Å². The van der Waals surface area contributed by atoms with Crippen LogP contribution in [-0.4, -0.2) is 49.1 Å². The fourth-order valence-corrected chi connectivity index (χ4v) is 4.13. The molecule has 0 heterocycles. The Hall–Kier alpha value is -1.10. The second-order valence-electron chi connectivity index (χ2n) is 8.28. The SMILES string of the molecule is CC(C)[C@@H](C(=O)OC(=NC1CCCCC1)NC1CCCCC1)N(C)C. The van der Waals surface area contributed by atoms with Gasteiger partial charge in [-0.1, -0.05) is 52.4 Å². The lowest BCUT2D eigenvalue weighted by Crippen LogP contribution is -2.46. The number of rotatable bonds is 5. The van der Waals surface area contributed by atoms with Gasteiger partial charge in [0.25, 0.3) is 6.02 Å². The first-order valence-corrected chi connectivity index (χ1v) is 10.2. The molecule has 0 aromatic heterocycles. The third-order valence-electron chi connectivity index (χ3n) is 5.43. The minimum Gasteiger partial charge on any atom is -0.392 e. The molecule has 25 heavy (non-hydrogen) atoms. The molecule has 0 unspecified atom stereocenters. The number of hydrogen-bond acceptors (Lipinski definition) is 4. The van der Waals surface area contributed by atoms with Gasteiger partial charge in [0.1, 0.15) is 6.04 Å². The van der Waals surface area contributed by atoms with Crippen molar-refractivity contribution in [2.45, 2.75) is 96.2 Å². The van der Waals surface area contributed by atoms with Crippen molar-refractivity contribution in [2.75, 3.05) is 14.1 Å². The fraction of sp³-hybridized carbons (Fsp3) is 0.900. The highest BCUT2D eigenvalue weighted by Crippen LogP contribution is 2.22. The Bertz CT molecular complexity index is 428. The summed E-state index contributed by atoms with van der Waals surface area (Å²) in [5, 5.41) is 3.46.